The Labute approximate surface area is 182 Å². The molecular formula is C22H20F3N3O2S. The maximum Gasteiger partial charge on any atom is 0.573 e. The number of hydrogen-bond acceptors (Lipinski definition) is 5. The van der Waals surface area contributed by atoms with Crippen LogP contribution in [0.3, 0.4) is 0 Å². The Morgan fingerprint density at radius 1 is 1.00 bits per heavy atom. The molecule has 162 valence electrons. The van der Waals surface area contributed by atoms with Crippen LogP contribution in [0.25, 0.3) is 6.08 Å². The van der Waals surface area contributed by atoms with E-state index in [1.165, 1.54) is 41.6 Å². The van der Waals surface area contributed by atoms with E-state index in [2.05, 4.69) is 31.7 Å². The van der Waals surface area contributed by atoms with Crippen LogP contribution in [0.1, 0.15) is 11.1 Å². The second kappa shape index (κ2) is 9.15. The van der Waals surface area contributed by atoms with Crippen molar-refractivity contribution < 1.29 is 22.7 Å². The summed E-state index contributed by atoms with van der Waals surface area (Å²) in [5, 5.41) is 0.674. The Bertz CT molecular complexity index is 983. The maximum atomic E-state index is 12.3. The minimum Gasteiger partial charge on any atom is -0.406 e. The molecule has 9 heteroatoms. The lowest BCUT2D eigenvalue weighted by Crippen LogP contribution is -2.47. The highest BCUT2D eigenvalue weighted by Gasteiger charge is 2.31. The predicted octanol–water partition coefficient (Wildman–Crippen LogP) is 4.37. The van der Waals surface area contributed by atoms with Crippen molar-refractivity contribution in [2.75, 3.05) is 26.2 Å². The van der Waals surface area contributed by atoms with Gasteiger partial charge >= 0.3 is 6.36 Å². The van der Waals surface area contributed by atoms with Crippen LogP contribution in [0.2, 0.25) is 0 Å². The number of halogens is 3. The number of ether oxygens (including phenoxy) is 1. The van der Waals surface area contributed by atoms with Gasteiger partial charge in [-0.05, 0) is 41.1 Å². The van der Waals surface area contributed by atoms with Crippen molar-refractivity contribution in [2.24, 2.45) is 4.99 Å². The number of alkyl halides is 3. The number of carbonyl (C=O) groups excluding carboxylic acids is 1. The van der Waals surface area contributed by atoms with E-state index in [4.69, 9.17) is 0 Å². The van der Waals surface area contributed by atoms with Crippen LogP contribution < -0.4 is 4.74 Å². The van der Waals surface area contributed by atoms with Gasteiger partial charge in [0.25, 0.3) is 5.91 Å². The van der Waals surface area contributed by atoms with Crippen molar-refractivity contribution in [2.45, 2.75) is 12.9 Å². The van der Waals surface area contributed by atoms with Crippen LogP contribution in [0, 0.1) is 0 Å². The summed E-state index contributed by atoms with van der Waals surface area (Å²) >= 11 is 1.30. The standard InChI is InChI=1S/C22H20F3N3O2S/c23-22(24,25)30-18-8-6-16(7-9-18)14-19-20(29)26-21(31-19)28-12-10-27(11-13-28)15-17-4-2-1-3-5-17/h1-9,14H,10-13,15H2/b19-14+. The first kappa shape index (κ1) is 21.5. The minimum absolute atomic E-state index is 0.301. The van der Waals surface area contributed by atoms with Crippen LogP contribution >= 0.6 is 11.8 Å². The zero-order valence-electron chi connectivity index (χ0n) is 16.5. The highest BCUT2D eigenvalue weighted by atomic mass is 32.2. The molecule has 1 saturated heterocycles. The summed E-state index contributed by atoms with van der Waals surface area (Å²) in [5.41, 5.74) is 1.88. The third-order valence-corrected chi connectivity index (χ3v) is 5.96. The third-order valence-electron chi connectivity index (χ3n) is 4.91. The Morgan fingerprint density at radius 2 is 1.68 bits per heavy atom. The SMILES string of the molecule is O=C1N=C(N2CCN(Cc3ccccc3)CC2)S/C1=C/c1ccc(OC(F)(F)F)cc1. The van der Waals surface area contributed by atoms with Gasteiger partial charge in [-0.2, -0.15) is 4.99 Å². The fourth-order valence-electron chi connectivity index (χ4n) is 3.39. The molecule has 1 amide bonds. The first-order valence-corrected chi connectivity index (χ1v) is 10.6. The molecule has 0 unspecified atom stereocenters. The van der Waals surface area contributed by atoms with E-state index in [0.717, 1.165) is 32.7 Å². The first-order chi connectivity index (χ1) is 14.9. The Balaban J connectivity index is 1.32. The molecule has 0 saturated carbocycles. The molecule has 4 rings (SSSR count). The monoisotopic (exact) mass is 447 g/mol. The largest absolute Gasteiger partial charge is 0.573 e. The number of thioether (sulfide) groups is 1. The van der Waals surface area contributed by atoms with Gasteiger partial charge in [0.15, 0.2) is 5.17 Å². The zero-order chi connectivity index (χ0) is 21.8. The van der Waals surface area contributed by atoms with E-state index in [-0.39, 0.29) is 11.7 Å². The third kappa shape index (κ3) is 5.89. The molecule has 2 aliphatic heterocycles. The normalized spacial score (nSPS) is 19.1. The summed E-state index contributed by atoms with van der Waals surface area (Å²) in [6, 6.07) is 15.7. The lowest BCUT2D eigenvalue weighted by molar-refractivity contribution is -0.274. The molecule has 0 N–H and O–H groups in total. The molecule has 2 aromatic carbocycles. The van der Waals surface area contributed by atoms with E-state index in [1.54, 1.807) is 6.08 Å². The smallest absolute Gasteiger partial charge is 0.406 e. The second-order valence-electron chi connectivity index (χ2n) is 7.18. The first-order valence-electron chi connectivity index (χ1n) is 9.75. The number of benzene rings is 2. The molecule has 0 spiro atoms. The van der Waals surface area contributed by atoms with Crippen molar-refractivity contribution in [3.8, 4) is 5.75 Å². The number of carbonyl (C=O) groups is 1. The molecule has 0 radical (unpaired) electrons. The maximum absolute atomic E-state index is 12.3. The van der Waals surface area contributed by atoms with Crippen molar-refractivity contribution in [3.05, 3.63) is 70.6 Å². The Kier molecular flexibility index (Phi) is 6.33. The molecule has 0 aromatic heterocycles. The Hall–Kier alpha value is -2.78. The van der Waals surface area contributed by atoms with Gasteiger partial charge in [0.1, 0.15) is 5.75 Å². The summed E-state index contributed by atoms with van der Waals surface area (Å²) in [7, 11) is 0. The molecule has 0 aliphatic carbocycles. The van der Waals surface area contributed by atoms with Crippen molar-refractivity contribution in [3.63, 3.8) is 0 Å². The van der Waals surface area contributed by atoms with Crippen LogP contribution in [0.4, 0.5) is 13.2 Å². The van der Waals surface area contributed by atoms with Crippen LogP contribution in [-0.4, -0.2) is 53.4 Å². The van der Waals surface area contributed by atoms with Gasteiger partial charge in [-0.15, -0.1) is 13.2 Å². The topological polar surface area (TPSA) is 45.1 Å². The highest BCUT2D eigenvalue weighted by Crippen LogP contribution is 2.31. The van der Waals surface area contributed by atoms with Crippen molar-refractivity contribution in [1.29, 1.82) is 0 Å². The number of aliphatic imine (C=N–C) groups is 1. The number of hydrogen-bond donors (Lipinski definition) is 0. The molecular weight excluding hydrogens is 427 g/mol. The van der Waals surface area contributed by atoms with Crippen LogP contribution in [0.5, 0.6) is 5.75 Å². The molecule has 2 aromatic rings. The molecule has 0 bridgehead atoms. The van der Waals surface area contributed by atoms with Crippen LogP contribution in [0.15, 0.2) is 64.5 Å². The fourth-order valence-corrected chi connectivity index (χ4v) is 4.35. The highest BCUT2D eigenvalue weighted by molar-refractivity contribution is 8.18. The predicted molar refractivity (Wildman–Crippen MR) is 114 cm³/mol. The minimum atomic E-state index is -4.73. The van der Waals surface area contributed by atoms with E-state index in [1.807, 2.05) is 18.2 Å². The van der Waals surface area contributed by atoms with Gasteiger partial charge in [-0.3, -0.25) is 9.69 Å². The van der Waals surface area contributed by atoms with E-state index in [9.17, 15) is 18.0 Å². The molecule has 5 nitrogen and oxygen atoms in total. The molecule has 1 fully saturated rings. The van der Waals surface area contributed by atoms with Gasteiger partial charge in [0.05, 0.1) is 4.91 Å². The van der Waals surface area contributed by atoms with Gasteiger partial charge < -0.3 is 9.64 Å². The van der Waals surface area contributed by atoms with Crippen molar-refractivity contribution in [1.82, 2.24) is 9.80 Å². The average molecular weight is 447 g/mol. The quantitative estimate of drug-likeness (QED) is 0.652. The average Bonchev–Trinajstić information content (AvgIpc) is 3.10. The Morgan fingerprint density at radius 3 is 2.32 bits per heavy atom. The number of amides is 1. The molecule has 0 atom stereocenters. The number of amidine groups is 1. The van der Waals surface area contributed by atoms with Gasteiger partial charge in [0.2, 0.25) is 0 Å². The van der Waals surface area contributed by atoms with Crippen molar-refractivity contribution >= 4 is 28.9 Å². The van der Waals surface area contributed by atoms with Gasteiger partial charge in [-0.25, -0.2) is 0 Å². The van der Waals surface area contributed by atoms with Gasteiger partial charge in [0, 0.05) is 32.7 Å². The van der Waals surface area contributed by atoms with Crippen LogP contribution in [-0.2, 0) is 11.3 Å². The number of nitrogens with zero attached hydrogens (tertiary/aromatic N) is 3. The lowest BCUT2D eigenvalue weighted by atomic mass is 10.2. The lowest BCUT2D eigenvalue weighted by Gasteiger charge is -2.35. The number of piperazine rings is 1. The second-order valence-corrected chi connectivity index (χ2v) is 8.18. The van der Waals surface area contributed by atoms with Gasteiger partial charge in [-0.1, -0.05) is 42.5 Å². The fraction of sp³-hybridized carbons (Fsp3) is 0.273. The molecule has 2 aliphatic rings. The number of rotatable bonds is 4. The van der Waals surface area contributed by atoms with E-state index < -0.39 is 6.36 Å². The molecule has 31 heavy (non-hydrogen) atoms. The summed E-state index contributed by atoms with van der Waals surface area (Å²) in [5.74, 6) is -0.632. The summed E-state index contributed by atoms with van der Waals surface area (Å²) < 4.78 is 40.7. The summed E-state index contributed by atoms with van der Waals surface area (Å²) in [6.07, 6.45) is -3.10. The van der Waals surface area contributed by atoms with E-state index >= 15 is 0 Å². The zero-order valence-corrected chi connectivity index (χ0v) is 17.3. The molecule has 2 heterocycles. The van der Waals surface area contributed by atoms with E-state index in [0.29, 0.717) is 15.6 Å². The summed E-state index contributed by atoms with van der Waals surface area (Å²) in [6.45, 7) is 4.21. The summed E-state index contributed by atoms with van der Waals surface area (Å²) in [4.78, 5) is 21.4.